The number of alkyl halides is 1. The van der Waals surface area contributed by atoms with Gasteiger partial charge in [0.2, 0.25) is 0 Å². The molecule has 0 bridgehead atoms. The first-order valence-corrected chi connectivity index (χ1v) is 5.30. The molecular formula is C12H16ClF. The van der Waals surface area contributed by atoms with Gasteiger partial charge in [-0.25, -0.2) is 4.39 Å². The monoisotopic (exact) mass is 214 g/mol. The largest absolute Gasteiger partial charge is 0.207 e. The lowest BCUT2D eigenvalue weighted by atomic mass is 9.83. The molecule has 2 heteroatoms. The fourth-order valence-corrected chi connectivity index (χ4v) is 1.56. The summed E-state index contributed by atoms with van der Waals surface area (Å²) < 4.78 is 12.7. The zero-order chi connectivity index (χ0) is 10.8. The highest BCUT2D eigenvalue weighted by Gasteiger charge is 2.26. The van der Waals surface area contributed by atoms with Crippen LogP contribution in [-0.4, -0.2) is 0 Å². The van der Waals surface area contributed by atoms with Crippen LogP contribution in [0.5, 0.6) is 0 Å². The first-order chi connectivity index (χ1) is 6.47. The Bertz CT molecular complexity index is 290. The molecule has 0 amide bonds. The van der Waals surface area contributed by atoms with Gasteiger partial charge in [0, 0.05) is 0 Å². The smallest absolute Gasteiger partial charge is 0.123 e. The van der Waals surface area contributed by atoms with Crippen molar-refractivity contribution in [2.75, 3.05) is 0 Å². The molecule has 0 heterocycles. The molecule has 0 spiro atoms. The van der Waals surface area contributed by atoms with E-state index < -0.39 is 0 Å². The molecule has 1 rings (SSSR count). The van der Waals surface area contributed by atoms with E-state index in [1.165, 1.54) is 12.1 Å². The lowest BCUT2D eigenvalue weighted by Gasteiger charge is -2.28. The molecule has 0 aliphatic heterocycles. The first kappa shape index (κ1) is 11.5. The molecule has 78 valence electrons. The van der Waals surface area contributed by atoms with Crippen molar-refractivity contribution in [2.45, 2.75) is 32.6 Å². The van der Waals surface area contributed by atoms with Crippen LogP contribution in [-0.2, 0) is 0 Å². The van der Waals surface area contributed by atoms with E-state index in [-0.39, 0.29) is 16.6 Å². The Morgan fingerprint density at radius 2 is 1.79 bits per heavy atom. The van der Waals surface area contributed by atoms with Crippen LogP contribution < -0.4 is 0 Å². The normalized spacial score (nSPS) is 14.1. The maximum Gasteiger partial charge on any atom is 0.123 e. The van der Waals surface area contributed by atoms with Crippen molar-refractivity contribution in [3.63, 3.8) is 0 Å². The molecule has 0 nitrogen and oxygen atoms in total. The Labute approximate surface area is 90.1 Å². The molecular weight excluding hydrogens is 199 g/mol. The molecule has 1 aromatic carbocycles. The van der Waals surface area contributed by atoms with Gasteiger partial charge in [0.1, 0.15) is 5.82 Å². The van der Waals surface area contributed by atoms with E-state index in [1.54, 1.807) is 12.1 Å². The molecule has 0 aromatic heterocycles. The lowest BCUT2D eigenvalue weighted by Crippen LogP contribution is -2.16. The minimum absolute atomic E-state index is 0.0411. The molecule has 1 aromatic rings. The molecule has 1 unspecified atom stereocenters. The predicted octanol–water partition coefficient (Wildman–Crippen LogP) is 4.54. The summed E-state index contributed by atoms with van der Waals surface area (Å²) in [6.07, 6.45) is 0.999. The fraction of sp³-hybridized carbons (Fsp3) is 0.500. The van der Waals surface area contributed by atoms with Gasteiger partial charge in [-0.15, -0.1) is 11.6 Å². The van der Waals surface area contributed by atoms with Crippen molar-refractivity contribution in [3.8, 4) is 0 Å². The van der Waals surface area contributed by atoms with E-state index in [4.69, 9.17) is 11.6 Å². The van der Waals surface area contributed by atoms with E-state index in [0.717, 1.165) is 12.0 Å². The minimum Gasteiger partial charge on any atom is -0.207 e. The summed E-state index contributed by atoms with van der Waals surface area (Å²) in [4.78, 5) is 0. The summed E-state index contributed by atoms with van der Waals surface area (Å²) in [6.45, 7) is 6.35. The van der Waals surface area contributed by atoms with Crippen LogP contribution >= 0.6 is 11.6 Å². The highest BCUT2D eigenvalue weighted by molar-refractivity contribution is 6.21. The molecule has 1 atom stereocenters. The van der Waals surface area contributed by atoms with Crippen molar-refractivity contribution in [1.29, 1.82) is 0 Å². The number of hydrogen-bond donors (Lipinski definition) is 0. The maximum atomic E-state index is 12.7. The summed E-state index contributed by atoms with van der Waals surface area (Å²) in [6, 6.07) is 6.42. The van der Waals surface area contributed by atoms with Gasteiger partial charge < -0.3 is 0 Å². The molecule has 0 aliphatic rings. The maximum absolute atomic E-state index is 12.7. The predicted molar refractivity (Wildman–Crippen MR) is 59.1 cm³/mol. The lowest BCUT2D eigenvalue weighted by molar-refractivity contribution is 0.336. The van der Waals surface area contributed by atoms with E-state index in [2.05, 4.69) is 20.8 Å². The highest BCUT2D eigenvalue weighted by atomic mass is 35.5. The van der Waals surface area contributed by atoms with Crippen LogP contribution in [0.1, 0.15) is 38.1 Å². The summed E-state index contributed by atoms with van der Waals surface area (Å²) >= 11 is 6.33. The number of benzene rings is 1. The topological polar surface area (TPSA) is 0 Å². The number of rotatable bonds is 3. The Kier molecular flexibility index (Phi) is 3.54. The zero-order valence-corrected chi connectivity index (χ0v) is 9.61. The van der Waals surface area contributed by atoms with Crippen molar-refractivity contribution < 1.29 is 4.39 Å². The third-order valence-electron chi connectivity index (χ3n) is 2.76. The fourth-order valence-electron chi connectivity index (χ4n) is 1.26. The molecule has 0 saturated heterocycles. The van der Waals surface area contributed by atoms with Gasteiger partial charge >= 0.3 is 0 Å². The van der Waals surface area contributed by atoms with Crippen LogP contribution in [0.25, 0.3) is 0 Å². The summed E-state index contributed by atoms with van der Waals surface area (Å²) in [5, 5.41) is -0.0619. The summed E-state index contributed by atoms with van der Waals surface area (Å²) in [5.74, 6) is -0.216. The minimum atomic E-state index is -0.216. The standard InChI is InChI=1S/C12H16ClF/c1-4-12(2,3)11(13)9-5-7-10(14)8-6-9/h5-8,11H,4H2,1-3H3. The van der Waals surface area contributed by atoms with E-state index >= 15 is 0 Å². The second kappa shape index (κ2) is 4.31. The molecule has 0 N–H and O–H groups in total. The Hall–Kier alpha value is -0.560. The molecule has 0 saturated carbocycles. The summed E-state index contributed by atoms with van der Waals surface area (Å²) in [5.41, 5.74) is 1.03. The first-order valence-electron chi connectivity index (χ1n) is 4.87. The third-order valence-corrected chi connectivity index (χ3v) is 3.60. The summed E-state index contributed by atoms with van der Waals surface area (Å²) in [7, 11) is 0. The van der Waals surface area contributed by atoms with Crippen molar-refractivity contribution >= 4 is 11.6 Å². The van der Waals surface area contributed by atoms with Gasteiger partial charge in [-0.2, -0.15) is 0 Å². The van der Waals surface area contributed by atoms with Crippen LogP contribution in [0, 0.1) is 11.2 Å². The van der Waals surface area contributed by atoms with E-state index in [0.29, 0.717) is 0 Å². The second-order valence-electron chi connectivity index (χ2n) is 4.26. The van der Waals surface area contributed by atoms with Gasteiger partial charge in [-0.3, -0.25) is 0 Å². The van der Waals surface area contributed by atoms with Crippen molar-refractivity contribution in [3.05, 3.63) is 35.6 Å². The van der Waals surface area contributed by atoms with Crippen LogP contribution in [0.4, 0.5) is 4.39 Å². The van der Waals surface area contributed by atoms with Gasteiger partial charge in [-0.1, -0.05) is 32.9 Å². The quantitative estimate of drug-likeness (QED) is 0.648. The average Bonchev–Trinajstić information content (AvgIpc) is 2.18. The van der Waals surface area contributed by atoms with E-state index in [1.807, 2.05) is 0 Å². The van der Waals surface area contributed by atoms with Gasteiger partial charge in [0.05, 0.1) is 5.38 Å². The zero-order valence-electron chi connectivity index (χ0n) is 8.85. The number of hydrogen-bond acceptors (Lipinski definition) is 0. The van der Waals surface area contributed by atoms with Crippen LogP contribution in [0.3, 0.4) is 0 Å². The van der Waals surface area contributed by atoms with Gasteiger partial charge in [0.25, 0.3) is 0 Å². The van der Waals surface area contributed by atoms with E-state index in [9.17, 15) is 4.39 Å². The van der Waals surface area contributed by atoms with Crippen LogP contribution in [0.2, 0.25) is 0 Å². The van der Waals surface area contributed by atoms with Crippen LogP contribution in [0.15, 0.2) is 24.3 Å². The van der Waals surface area contributed by atoms with Gasteiger partial charge in [-0.05, 0) is 29.5 Å². The third kappa shape index (κ3) is 2.48. The number of halogens is 2. The molecule has 0 aliphatic carbocycles. The second-order valence-corrected chi connectivity index (χ2v) is 4.69. The molecule has 0 fully saturated rings. The molecule has 14 heavy (non-hydrogen) atoms. The SMILES string of the molecule is CCC(C)(C)C(Cl)c1ccc(F)cc1. The Morgan fingerprint density at radius 1 is 1.29 bits per heavy atom. The van der Waals surface area contributed by atoms with Crippen molar-refractivity contribution in [2.24, 2.45) is 5.41 Å². The Morgan fingerprint density at radius 3 is 2.21 bits per heavy atom. The van der Waals surface area contributed by atoms with Gasteiger partial charge in [0.15, 0.2) is 0 Å². The average molecular weight is 215 g/mol. The highest BCUT2D eigenvalue weighted by Crippen LogP contribution is 2.41. The molecule has 0 radical (unpaired) electrons. The Balaban J connectivity index is 2.89. The van der Waals surface area contributed by atoms with Crippen molar-refractivity contribution in [1.82, 2.24) is 0 Å².